The Morgan fingerprint density at radius 1 is 1.08 bits per heavy atom. The number of nitrogens with one attached hydrogen (secondary N) is 2. The molecule has 0 radical (unpaired) electrons. The molecule has 2 aromatic rings. The lowest BCUT2D eigenvalue weighted by atomic mass is 9.78. The van der Waals surface area contributed by atoms with E-state index in [2.05, 4.69) is 16.7 Å². The van der Waals surface area contributed by atoms with Crippen molar-refractivity contribution >= 4 is 46.8 Å². The lowest BCUT2D eigenvalue weighted by molar-refractivity contribution is -0.150. The van der Waals surface area contributed by atoms with E-state index in [1.165, 1.54) is 40.6 Å². The number of halogens is 1. The van der Waals surface area contributed by atoms with Crippen LogP contribution in [0, 0.1) is 17.2 Å². The van der Waals surface area contributed by atoms with Gasteiger partial charge in [0.05, 0.1) is 61.6 Å². The van der Waals surface area contributed by atoms with E-state index in [9.17, 15) is 19.6 Å². The van der Waals surface area contributed by atoms with Gasteiger partial charge in [-0.1, -0.05) is 41.6 Å². The first-order chi connectivity index (χ1) is 17.8. The van der Waals surface area contributed by atoms with Crippen LogP contribution in [-0.4, -0.2) is 52.0 Å². The van der Waals surface area contributed by atoms with E-state index in [1.54, 1.807) is 24.3 Å². The van der Waals surface area contributed by atoms with Crippen LogP contribution in [0.4, 0.5) is 5.69 Å². The van der Waals surface area contributed by atoms with E-state index in [0.29, 0.717) is 33.5 Å². The van der Waals surface area contributed by atoms with Crippen molar-refractivity contribution in [3.05, 3.63) is 57.6 Å². The molecule has 0 unspecified atom stereocenters. The second-order valence-electron chi connectivity index (χ2n) is 7.59. The molecule has 2 N–H and O–H groups in total. The number of hydrogen-bond acceptors (Lipinski definition) is 9. The van der Waals surface area contributed by atoms with Gasteiger partial charge in [-0.25, -0.2) is 0 Å². The molecule has 2 aromatic carbocycles. The number of nitrogens with zero attached hydrogens (tertiary/aromatic N) is 1. The molecule has 0 spiro atoms. The van der Waals surface area contributed by atoms with Crippen molar-refractivity contribution in [2.45, 2.75) is 5.92 Å². The van der Waals surface area contributed by atoms with Gasteiger partial charge in [0.2, 0.25) is 11.8 Å². The third-order valence-electron chi connectivity index (χ3n) is 5.55. The molecule has 194 valence electrons. The molecule has 37 heavy (non-hydrogen) atoms. The number of para-hydroxylation sites is 1. The van der Waals surface area contributed by atoms with Crippen LogP contribution in [0.3, 0.4) is 0 Å². The highest BCUT2D eigenvalue weighted by molar-refractivity contribution is 8.03. The number of esters is 1. The number of benzene rings is 2. The van der Waals surface area contributed by atoms with Gasteiger partial charge in [-0.2, -0.15) is 5.26 Å². The third-order valence-corrected chi connectivity index (χ3v) is 6.87. The number of methoxy groups -OCH3 is 4. The first kappa shape index (κ1) is 27.7. The maximum atomic E-state index is 13.0. The summed E-state index contributed by atoms with van der Waals surface area (Å²) in [5, 5.41) is 15.8. The molecule has 2 atom stereocenters. The van der Waals surface area contributed by atoms with Gasteiger partial charge in [0.25, 0.3) is 0 Å². The molecule has 1 heterocycles. The average molecular weight is 546 g/mol. The van der Waals surface area contributed by atoms with E-state index < -0.39 is 29.6 Å². The zero-order valence-corrected chi connectivity index (χ0v) is 22.0. The zero-order chi connectivity index (χ0) is 27.1. The summed E-state index contributed by atoms with van der Waals surface area (Å²) in [4.78, 5) is 38.4. The van der Waals surface area contributed by atoms with E-state index in [1.807, 2.05) is 0 Å². The number of allylic oxidation sites excluding steroid dienone is 1. The molecule has 1 aliphatic rings. The largest absolute Gasteiger partial charge is 0.496 e. The maximum Gasteiger partial charge on any atom is 0.319 e. The van der Waals surface area contributed by atoms with Gasteiger partial charge in [0.15, 0.2) is 0 Å². The predicted molar refractivity (Wildman–Crippen MR) is 138 cm³/mol. The lowest BCUT2D eigenvalue weighted by Gasteiger charge is -2.31. The Morgan fingerprint density at radius 2 is 1.76 bits per heavy atom. The highest BCUT2D eigenvalue weighted by Gasteiger charge is 2.45. The van der Waals surface area contributed by atoms with E-state index in [-0.39, 0.29) is 16.4 Å². The third kappa shape index (κ3) is 5.93. The molecule has 0 saturated carbocycles. The normalized spacial score (nSPS) is 16.8. The number of rotatable bonds is 9. The first-order valence-electron chi connectivity index (χ1n) is 10.8. The van der Waals surface area contributed by atoms with Gasteiger partial charge in [-0.3, -0.25) is 14.4 Å². The Balaban J connectivity index is 1.93. The fourth-order valence-electron chi connectivity index (χ4n) is 3.86. The highest BCUT2D eigenvalue weighted by Crippen LogP contribution is 2.43. The predicted octanol–water partition coefficient (Wildman–Crippen LogP) is 3.48. The van der Waals surface area contributed by atoms with Crippen LogP contribution in [0.2, 0.25) is 5.02 Å². The minimum absolute atomic E-state index is 0.100. The summed E-state index contributed by atoms with van der Waals surface area (Å²) in [5.74, 6) is -3.31. The van der Waals surface area contributed by atoms with Crippen molar-refractivity contribution in [3.8, 4) is 23.3 Å². The minimum Gasteiger partial charge on any atom is -0.496 e. The summed E-state index contributed by atoms with van der Waals surface area (Å²) in [7, 11) is 5.49. The second-order valence-corrected chi connectivity index (χ2v) is 8.98. The van der Waals surface area contributed by atoms with Crippen LogP contribution in [0.5, 0.6) is 17.2 Å². The number of carbonyl (C=O) groups excluding carboxylic acids is 3. The Morgan fingerprint density at radius 3 is 2.38 bits per heavy atom. The lowest BCUT2D eigenvalue weighted by Crippen LogP contribution is -2.44. The smallest absolute Gasteiger partial charge is 0.319 e. The molecule has 3 rings (SSSR count). The van der Waals surface area contributed by atoms with Crippen LogP contribution in [0.15, 0.2) is 47.0 Å². The van der Waals surface area contributed by atoms with Crippen LogP contribution >= 0.6 is 23.4 Å². The molecule has 2 amide bonds. The summed E-state index contributed by atoms with van der Waals surface area (Å²) in [5.41, 5.74) is 0.893. The average Bonchev–Trinajstić information content (AvgIpc) is 2.91. The molecule has 0 aromatic heterocycles. The van der Waals surface area contributed by atoms with Crippen LogP contribution < -0.4 is 24.8 Å². The van der Waals surface area contributed by atoms with Gasteiger partial charge >= 0.3 is 5.97 Å². The second kappa shape index (κ2) is 12.4. The van der Waals surface area contributed by atoms with Crippen molar-refractivity contribution in [2.24, 2.45) is 5.92 Å². The number of hydrogen-bond donors (Lipinski definition) is 2. The number of ether oxygens (including phenoxy) is 4. The van der Waals surface area contributed by atoms with E-state index in [4.69, 9.17) is 30.5 Å². The molecular weight excluding hydrogens is 522 g/mol. The highest BCUT2D eigenvalue weighted by atomic mass is 35.5. The van der Waals surface area contributed by atoms with Gasteiger partial charge in [-0.15, -0.1) is 0 Å². The van der Waals surface area contributed by atoms with Gasteiger partial charge in [-0.05, 0) is 6.07 Å². The summed E-state index contributed by atoms with van der Waals surface area (Å²) < 4.78 is 20.7. The summed E-state index contributed by atoms with van der Waals surface area (Å²) in [6, 6.07) is 11.9. The number of carbonyl (C=O) groups is 3. The minimum atomic E-state index is -1.32. The molecule has 0 aliphatic carbocycles. The SMILES string of the molecule is COC(=O)[C@H]1C(=O)NC(SCC(=O)Nc2cc(OC)c(Cl)cc2OC)=C(C#N)[C@H]1c1ccccc1OC. The van der Waals surface area contributed by atoms with Crippen LogP contribution in [0.25, 0.3) is 0 Å². The zero-order valence-electron chi connectivity index (χ0n) is 20.4. The fourth-order valence-corrected chi connectivity index (χ4v) is 4.94. The first-order valence-corrected chi connectivity index (χ1v) is 12.2. The molecule has 10 nitrogen and oxygen atoms in total. The molecule has 12 heteroatoms. The molecular formula is C25H24ClN3O7S. The topological polar surface area (TPSA) is 136 Å². The summed E-state index contributed by atoms with van der Waals surface area (Å²) in [6.07, 6.45) is 0. The summed E-state index contributed by atoms with van der Waals surface area (Å²) in [6.45, 7) is 0. The van der Waals surface area contributed by atoms with Gasteiger partial charge in [0, 0.05) is 23.6 Å². The number of amides is 2. The monoisotopic (exact) mass is 545 g/mol. The van der Waals surface area contributed by atoms with Crippen LogP contribution in [-0.2, 0) is 19.1 Å². The van der Waals surface area contributed by atoms with Gasteiger partial charge in [0.1, 0.15) is 23.2 Å². The fraction of sp³-hybridized carbons (Fsp3) is 0.280. The van der Waals surface area contributed by atoms with E-state index in [0.717, 1.165) is 11.8 Å². The Labute approximate surface area is 222 Å². The number of thioether (sulfide) groups is 1. The Bertz CT molecular complexity index is 1290. The van der Waals surface area contributed by atoms with E-state index >= 15 is 0 Å². The number of anilines is 1. The summed E-state index contributed by atoms with van der Waals surface area (Å²) >= 11 is 7.06. The van der Waals surface area contributed by atoms with Gasteiger partial charge < -0.3 is 29.6 Å². The molecule has 0 bridgehead atoms. The van der Waals surface area contributed by atoms with Crippen LogP contribution in [0.1, 0.15) is 11.5 Å². The van der Waals surface area contributed by atoms with Crippen molar-refractivity contribution in [1.82, 2.24) is 5.32 Å². The quantitative estimate of drug-likeness (QED) is 0.358. The van der Waals surface area contributed by atoms with Crippen molar-refractivity contribution in [3.63, 3.8) is 0 Å². The molecule has 0 fully saturated rings. The van der Waals surface area contributed by atoms with Crippen molar-refractivity contribution in [1.29, 1.82) is 5.26 Å². The maximum absolute atomic E-state index is 13.0. The molecule has 0 saturated heterocycles. The van der Waals surface area contributed by atoms with Crippen molar-refractivity contribution < 1.29 is 33.3 Å². The Kier molecular flexibility index (Phi) is 9.27. The molecule has 1 aliphatic heterocycles. The standard InChI is InChI=1S/C25H24ClN3O7S/c1-33-17-8-6-5-7-13(17)21-14(11-27)24(29-23(31)22(21)25(32)36-4)37-12-20(30)28-16-10-18(34-2)15(26)9-19(16)35-3/h5-10,21-22H,12H2,1-4H3,(H,28,30)(H,29,31)/t21-,22-/m1/s1. The van der Waals surface area contributed by atoms with Crippen molar-refractivity contribution in [2.75, 3.05) is 39.5 Å². The Hall–Kier alpha value is -3.88. The number of nitriles is 1.